The standard InChI is InChI=1S/C17H15N3O3/c1-10(11-5-3-2-4-6-11)19-14-15(17(23)16(14)22)20-12-7-8-18-13(21)9-12/h2-10,19H,1H3,(H2,18,20,21)/t10-/m1/s1. The quantitative estimate of drug-likeness (QED) is 0.626. The third-order valence-electron chi connectivity index (χ3n) is 3.62. The molecule has 3 rings (SSSR count). The van der Waals surface area contributed by atoms with Gasteiger partial charge in [0.05, 0.1) is 0 Å². The average molecular weight is 309 g/mol. The van der Waals surface area contributed by atoms with Crippen LogP contribution in [0, 0.1) is 0 Å². The molecule has 1 aromatic heterocycles. The van der Waals surface area contributed by atoms with E-state index in [-0.39, 0.29) is 23.0 Å². The molecule has 3 N–H and O–H groups in total. The van der Waals surface area contributed by atoms with Crippen molar-refractivity contribution in [2.75, 3.05) is 10.6 Å². The largest absolute Gasteiger partial charge is 0.373 e. The van der Waals surface area contributed by atoms with Gasteiger partial charge in [-0.3, -0.25) is 14.4 Å². The summed E-state index contributed by atoms with van der Waals surface area (Å²) in [7, 11) is 0. The van der Waals surface area contributed by atoms with Crippen molar-refractivity contribution in [3.8, 4) is 0 Å². The minimum absolute atomic E-state index is 0.126. The molecule has 116 valence electrons. The summed E-state index contributed by atoms with van der Waals surface area (Å²) in [6.45, 7) is 1.91. The summed E-state index contributed by atoms with van der Waals surface area (Å²) in [6, 6.07) is 12.4. The normalized spacial score (nSPS) is 12.0. The SMILES string of the molecule is C[C@@H](Nc1c(Nc2cc[nH]c(=O)c2)c(=O)c1=O)c1ccccc1. The van der Waals surface area contributed by atoms with Gasteiger partial charge in [0, 0.05) is 24.0 Å². The first kappa shape index (κ1) is 14.8. The number of aromatic amines is 1. The molecule has 0 saturated heterocycles. The molecule has 0 aliphatic carbocycles. The third kappa shape index (κ3) is 2.91. The number of rotatable bonds is 5. The maximum atomic E-state index is 11.8. The fourth-order valence-electron chi connectivity index (χ4n) is 2.36. The highest BCUT2D eigenvalue weighted by molar-refractivity contribution is 5.78. The first-order valence-electron chi connectivity index (χ1n) is 7.17. The van der Waals surface area contributed by atoms with Crippen LogP contribution in [0.4, 0.5) is 17.1 Å². The van der Waals surface area contributed by atoms with E-state index in [1.54, 1.807) is 6.07 Å². The number of hydrogen-bond acceptors (Lipinski definition) is 5. The van der Waals surface area contributed by atoms with E-state index < -0.39 is 10.9 Å². The summed E-state index contributed by atoms with van der Waals surface area (Å²) >= 11 is 0. The molecule has 0 amide bonds. The lowest BCUT2D eigenvalue weighted by Gasteiger charge is -2.19. The molecule has 6 heteroatoms. The Labute approximate surface area is 131 Å². The average Bonchev–Trinajstić information content (AvgIpc) is 2.58. The van der Waals surface area contributed by atoms with Crippen LogP contribution in [0.5, 0.6) is 0 Å². The third-order valence-corrected chi connectivity index (χ3v) is 3.62. The molecule has 0 fully saturated rings. The van der Waals surface area contributed by atoms with Gasteiger partial charge in [0.15, 0.2) is 0 Å². The maximum Gasteiger partial charge on any atom is 0.253 e. The Bertz CT molecular complexity index is 953. The van der Waals surface area contributed by atoms with Crippen LogP contribution in [-0.4, -0.2) is 4.98 Å². The Morgan fingerprint density at radius 2 is 1.65 bits per heavy atom. The van der Waals surface area contributed by atoms with Crippen LogP contribution in [0.2, 0.25) is 0 Å². The van der Waals surface area contributed by atoms with E-state index in [1.165, 1.54) is 12.3 Å². The summed E-state index contributed by atoms with van der Waals surface area (Å²) in [5.74, 6) is 0. The van der Waals surface area contributed by atoms with Gasteiger partial charge >= 0.3 is 0 Å². The molecule has 1 atom stereocenters. The minimum Gasteiger partial charge on any atom is -0.373 e. The zero-order valence-corrected chi connectivity index (χ0v) is 12.4. The van der Waals surface area contributed by atoms with Gasteiger partial charge in [-0.15, -0.1) is 0 Å². The van der Waals surface area contributed by atoms with E-state index in [4.69, 9.17) is 0 Å². The van der Waals surface area contributed by atoms with Gasteiger partial charge in [-0.05, 0) is 18.6 Å². The molecule has 2 aromatic carbocycles. The topological polar surface area (TPSA) is 91.1 Å². The molecular weight excluding hydrogens is 294 g/mol. The highest BCUT2D eigenvalue weighted by Gasteiger charge is 2.22. The van der Waals surface area contributed by atoms with Crippen LogP contribution < -0.4 is 27.1 Å². The second-order valence-electron chi connectivity index (χ2n) is 5.25. The van der Waals surface area contributed by atoms with Crippen molar-refractivity contribution < 1.29 is 0 Å². The number of aromatic nitrogens is 1. The fraction of sp³-hybridized carbons (Fsp3) is 0.118. The molecule has 0 unspecified atom stereocenters. The van der Waals surface area contributed by atoms with Crippen molar-refractivity contribution in [3.63, 3.8) is 0 Å². The molecule has 0 saturated carbocycles. The van der Waals surface area contributed by atoms with Crippen molar-refractivity contribution >= 4 is 17.1 Å². The summed E-state index contributed by atoms with van der Waals surface area (Å²) < 4.78 is 0. The Kier molecular flexibility index (Phi) is 3.80. The first-order valence-corrected chi connectivity index (χ1v) is 7.17. The van der Waals surface area contributed by atoms with Crippen molar-refractivity contribution in [1.82, 2.24) is 4.98 Å². The first-order chi connectivity index (χ1) is 11.1. The molecule has 0 aliphatic heterocycles. The smallest absolute Gasteiger partial charge is 0.253 e. The Morgan fingerprint density at radius 3 is 2.35 bits per heavy atom. The van der Waals surface area contributed by atoms with Crippen LogP contribution >= 0.6 is 0 Å². The number of nitrogens with one attached hydrogen (secondary N) is 3. The van der Waals surface area contributed by atoms with Crippen molar-refractivity contribution in [2.24, 2.45) is 0 Å². The van der Waals surface area contributed by atoms with Crippen LogP contribution in [-0.2, 0) is 0 Å². The molecule has 23 heavy (non-hydrogen) atoms. The van der Waals surface area contributed by atoms with Gasteiger partial charge in [0.1, 0.15) is 11.4 Å². The predicted octanol–water partition coefficient (Wildman–Crippen LogP) is 1.89. The Balaban J connectivity index is 1.84. The lowest BCUT2D eigenvalue weighted by molar-refractivity contribution is 0.880. The lowest BCUT2D eigenvalue weighted by atomic mass is 10.1. The zero-order valence-electron chi connectivity index (χ0n) is 12.4. The molecular formula is C17H15N3O3. The maximum absolute atomic E-state index is 11.8. The second kappa shape index (κ2) is 5.92. The number of benzene rings is 1. The molecule has 3 aromatic rings. The molecule has 1 heterocycles. The lowest BCUT2D eigenvalue weighted by Crippen LogP contribution is -2.37. The molecule has 0 aliphatic rings. The Hall–Kier alpha value is -3.15. The summed E-state index contributed by atoms with van der Waals surface area (Å²) in [4.78, 5) is 37.4. The fourth-order valence-corrected chi connectivity index (χ4v) is 2.36. The van der Waals surface area contributed by atoms with E-state index in [0.29, 0.717) is 5.69 Å². The van der Waals surface area contributed by atoms with E-state index in [0.717, 1.165) is 5.56 Å². The van der Waals surface area contributed by atoms with Crippen LogP contribution in [0.3, 0.4) is 0 Å². The van der Waals surface area contributed by atoms with E-state index in [9.17, 15) is 14.4 Å². The zero-order chi connectivity index (χ0) is 16.4. The minimum atomic E-state index is -0.590. The van der Waals surface area contributed by atoms with Crippen LogP contribution in [0.25, 0.3) is 0 Å². The highest BCUT2D eigenvalue weighted by Crippen LogP contribution is 2.24. The number of anilines is 3. The predicted molar refractivity (Wildman–Crippen MR) is 90.2 cm³/mol. The van der Waals surface area contributed by atoms with Crippen molar-refractivity contribution in [3.05, 3.63) is 85.0 Å². The number of pyridine rings is 1. The van der Waals surface area contributed by atoms with E-state index >= 15 is 0 Å². The number of hydrogen-bond donors (Lipinski definition) is 3. The molecule has 0 radical (unpaired) electrons. The summed E-state index contributed by atoms with van der Waals surface area (Å²) in [5.41, 5.74) is 0.447. The van der Waals surface area contributed by atoms with Gasteiger partial charge in [-0.25, -0.2) is 0 Å². The second-order valence-corrected chi connectivity index (χ2v) is 5.25. The van der Waals surface area contributed by atoms with E-state index in [1.807, 2.05) is 37.3 Å². The van der Waals surface area contributed by atoms with Gasteiger partial charge < -0.3 is 15.6 Å². The van der Waals surface area contributed by atoms with Crippen LogP contribution in [0.15, 0.2) is 63.0 Å². The summed E-state index contributed by atoms with van der Waals surface area (Å²) in [6.07, 6.45) is 1.47. The highest BCUT2D eigenvalue weighted by atomic mass is 16.2. The van der Waals surface area contributed by atoms with Crippen LogP contribution in [0.1, 0.15) is 18.5 Å². The Morgan fingerprint density at radius 1 is 0.957 bits per heavy atom. The van der Waals surface area contributed by atoms with Gasteiger partial charge in [0.2, 0.25) is 5.56 Å². The van der Waals surface area contributed by atoms with Gasteiger partial charge in [-0.2, -0.15) is 0 Å². The van der Waals surface area contributed by atoms with Gasteiger partial charge in [-0.1, -0.05) is 30.3 Å². The number of H-pyrrole nitrogens is 1. The monoisotopic (exact) mass is 309 g/mol. The van der Waals surface area contributed by atoms with Crippen molar-refractivity contribution in [2.45, 2.75) is 13.0 Å². The summed E-state index contributed by atoms with van der Waals surface area (Å²) in [5, 5.41) is 5.89. The van der Waals surface area contributed by atoms with Crippen molar-refractivity contribution in [1.29, 1.82) is 0 Å². The molecule has 0 spiro atoms. The van der Waals surface area contributed by atoms with Gasteiger partial charge in [0.25, 0.3) is 10.9 Å². The molecule has 0 bridgehead atoms. The molecule has 6 nitrogen and oxygen atoms in total. The van der Waals surface area contributed by atoms with E-state index in [2.05, 4.69) is 15.6 Å².